The minimum absolute atomic E-state index is 0.577. The first-order valence-electron chi connectivity index (χ1n) is 6.33. The Morgan fingerprint density at radius 1 is 1.24 bits per heavy atom. The van der Waals surface area contributed by atoms with Crippen molar-refractivity contribution in [1.29, 1.82) is 0 Å². The summed E-state index contributed by atoms with van der Waals surface area (Å²) >= 11 is 0. The van der Waals surface area contributed by atoms with E-state index in [0.717, 1.165) is 18.5 Å². The normalized spacial score (nSPS) is 11.2. The highest BCUT2D eigenvalue weighted by Crippen LogP contribution is 2.14. The smallest absolute Gasteiger partial charge is 0.0704 e. The molecule has 0 fully saturated rings. The molecule has 0 spiro atoms. The van der Waals surface area contributed by atoms with Crippen LogP contribution in [0.25, 0.3) is 10.9 Å². The van der Waals surface area contributed by atoms with Gasteiger partial charge < -0.3 is 5.32 Å². The van der Waals surface area contributed by atoms with E-state index in [1.807, 2.05) is 12.3 Å². The average molecular weight is 228 g/mol. The molecule has 90 valence electrons. The van der Waals surface area contributed by atoms with Gasteiger partial charge in [-0.1, -0.05) is 32.0 Å². The Kier molecular flexibility index (Phi) is 4.10. The Morgan fingerprint density at radius 2 is 2.12 bits per heavy atom. The molecule has 2 aromatic rings. The number of rotatable bonds is 5. The molecule has 0 amide bonds. The molecular weight excluding hydrogens is 208 g/mol. The molecule has 0 atom stereocenters. The van der Waals surface area contributed by atoms with E-state index >= 15 is 0 Å². The predicted octanol–water partition coefficient (Wildman–Crippen LogP) is 3.17. The van der Waals surface area contributed by atoms with Crippen molar-refractivity contribution in [2.24, 2.45) is 0 Å². The van der Waals surface area contributed by atoms with Crippen LogP contribution in [0.1, 0.15) is 25.8 Å². The fraction of sp³-hybridized carbons (Fsp3) is 0.400. The van der Waals surface area contributed by atoms with Gasteiger partial charge in [-0.3, -0.25) is 4.98 Å². The van der Waals surface area contributed by atoms with Crippen molar-refractivity contribution in [2.45, 2.75) is 32.7 Å². The van der Waals surface area contributed by atoms with E-state index in [0.29, 0.717) is 6.04 Å². The Morgan fingerprint density at radius 3 is 2.94 bits per heavy atom. The Hall–Kier alpha value is -1.41. The van der Waals surface area contributed by atoms with Crippen LogP contribution in [0.2, 0.25) is 0 Å². The number of pyridine rings is 1. The molecule has 1 aromatic carbocycles. The lowest BCUT2D eigenvalue weighted by Crippen LogP contribution is -2.23. The molecule has 0 bridgehead atoms. The number of aromatic nitrogens is 1. The van der Waals surface area contributed by atoms with Gasteiger partial charge in [0.05, 0.1) is 5.52 Å². The SMILES string of the molecule is CC(C)NCCCc1ccc2cccnc2c1. The summed E-state index contributed by atoms with van der Waals surface area (Å²) in [6.07, 6.45) is 4.15. The summed E-state index contributed by atoms with van der Waals surface area (Å²) in [6, 6.07) is 11.2. The van der Waals surface area contributed by atoms with E-state index in [1.165, 1.54) is 17.4 Å². The van der Waals surface area contributed by atoms with Crippen LogP contribution in [-0.2, 0) is 6.42 Å². The van der Waals surface area contributed by atoms with Gasteiger partial charge in [-0.2, -0.15) is 0 Å². The van der Waals surface area contributed by atoms with Gasteiger partial charge >= 0.3 is 0 Å². The third-order valence-electron chi connectivity index (χ3n) is 2.87. The molecular formula is C15H20N2. The maximum Gasteiger partial charge on any atom is 0.0704 e. The molecule has 17 heavy (non-hydrogen) atoms. The number of aryl methyl sites for hydroxylation is 1. The molecule has 0 unspecified atom stereocenters. The number of fused-ring (bicyclic) bond motifs is 1. The van der Waals surface area contributed by atoms with E-state index in [4.69, 9.17) is 0 Å². The largest absolute Gasteiger partial charge is 0.315 e. The predicted molar refractivity (Wildman–Crippen MR) is 73.2 cm³/mol. The third-order valence-corrected chi connectivity index (χ3v) is 2.87. The van der Waals surface area contributed by atoms with Crippen molar-refractivity contribution >= 4 is 10.9 Å². The summed E-state index contributed by atoms with van der Waals surface area (Å²) in [4.78, 5) is 4.38. The summed E-state index contributed by atoms with van der Waals surface area (Å²) in [5.74, 6) is 0. The number of nitrogens with zero attached hydrogens (tertiary/aromatic N) is 1. The van der Waals surface area contributed by atoms with Gasteiger partial charge in [0, 0.05) is 17.6 Å². The minimum Gasteiger partial charge on any atom is -0.315 e. The van der Waals surface area contributed by atoms with Crippen LogP contribution in [0.4, 0.5) is 0 Å². The second-order valence-electron chi connectivity index (χ2n) is 4.74. The molecule has 0 saturated carbocycles. The van der Waals surface area contributed by atoms with Gasteiger partial charge in [0.15, 0.2) is 0 Å². The third kappa shape index (κ3) is 3.53. The maximum atomic E-state index is 4.38. The lowest BCUT2D eigenvalue weighted by Gasteiger charge is -2.08. The molecule has 1 heterocycles. The fourth-order valence-corrected chi connectivity index (χ4v) is 1.95. The van der Waals surface area contributed by atoms with Gasteiger partial charge in [-0.15, -0.1) is 0 Å². The van der Waals surface area contributed by atoms with Crippen LogP contribution in [0, 0.1) is 0 Å². The number of benzene rings is 1. The number of hydrogen-bond donors (Lipinski definition) is 1. The highest BCUT2D eigenvalue weighted by atomic mass is 14.9. The van der Waals surface area contributed by atoms with E-state index in [-0.39, 0.29) is 0 Å². The van der Waals surface area contributed by atoms with Crippen LogP contribution in [0.3, 0.4) is 0 Å². The van der Waals surface area contributed by atoms with Crippen molar-refractivity contribution in [2.75, 3.05) is 6.54 Å². The first-order valence-corrected chi connectivity index (χ1v) is 6.33. The molecule has 2 heteroatoms. The Labute approximate surface area is 103 Å². The first kappa shape index (κ1) is 12.1. The van der Waals surface area contributed by atoms with Crippen LogP contribution in [-0.4, -0.2) is 17.6 Å². The van der Waals surface area contributed by atoms with Crippen molar-refractivity contribution < 1.29 is 0 Å². The topological polar surface area (TPSA) is 24.9 Å². The highest BCUT2D eigenvalue weighted by molar-refractivity contribution is 5.78. The molecule has 0 aliphatic heterocycles. The lowest BCUT2D eigenvalue weighted by molar-refractivity contribution is 0.570. The molecule has 2 rings (SSSR count). The van der Waals surface area contributed by atoms with Gasteiger partial charge in [0.25, 0.3) is 0 Å². The molecule has 1 aromatic heterocycles. The minimum atomic E-state index is 0.577. The summed E-state index contributed by atoms with van der Waals surface area (Å²) < 4.78 is 0. The van der Waals surface area contributed by atoms with E-state index in [1.54, 1.807) is 0 Å². The maximum absolute atomic E-state index is 4.38. The van der Waals surface area contributed by atoms with E-state index in [2.05, 4.69) is 48.4 Å². The van der Waals surface area contributed by atoms with Crippen LogP contribution in [0.5, 0.6) is 0 Å². The number of hydrogen-bond acceptors (Lipinski definition) is 2. The quantitative estimate of drug-likeness (QED) is 0.795. The van der Waals surface area contributed by atoms with Crippen molar-refractivity contribution in [3.8, 4) is 0 Å². The molecule has 2 nitrogen and oxygen atoms in total. The number of nitrogens with one attached hydrogen (secondary N) is 1. The summed E-state index contributed by atoms with van der Waals surface area (Å²) in [5.41, 5.74) is 2.48. The standard InChI is InChI=1S/C15H20N2/c1-12(2)16-9-3-5-13-7-8-14-6-4-10-17-15(14)11-13/h4,6-8,10-12,16H,3,5,9H2,1-2H3. The molecule has 0 aliphatic rings. The lowest BCUT2D eigenvalue weighted by atomic mass is 10.1. The van der Waals surface area contributed by atoms with E-state index < -0.39 is 0 Å². The Bertz CT molecular complexity index is 477. The van der Waals surface area contributed by atoms with Gasteiger partial charge in [-0.05, 0) is 37.1 Å². The summed E-state index contributed by atoms with van der Waals surface area (Å²) in [5, 5.41) is 4.66. The van der Waals surface area contributed by atoms with Crippen molar-refractivity contribution in [1.82, 2.24) is 10.3 Å². The highest BCUT2D eigenvalue weighted by Gasteiger charge is 1.98. The van der Waals surface area contributed by atoms with Crippen LogP contribution in [0.15, 0.2) is 36.5 Å². The van der Waals surface area contributed by atoms with Gasteiger partial charge in [0.2, 0.25) is 0 Å². The van der Waals surface area contributed by atoms with Crippen molar-refractivity contribution in [3.63, 3.8) is 0 Å². The molecule has 0 radical (unpaired) electrons. The summed E-state index contributed by atoms with van der Waals surface area (Å²) in [7, 11) is 0. The zero-order valence-corrected chi connectivity index (χ0v) is 10.6. The second-order valence-corrected chi connectivity index (χ2v) is 4.74. The average Bonchev–Trinajstić information content (AvgIpc) is 2.34. The van der Waals surface area contributed by atoms with Crippen LogP contribution < -0.4 is 5.32 Å². The van der Waals surface area contributed by atoms with Crippen molar-refractivity contribution in [3.05, 3.63) is 42.1 Å². The van der Waals surface area contributed by atoms with Gasteiger partial charge in [-0.25, -0.2) is 0 Å². The molecule has 0 aliphatic carbocycles. The first-order chi connectivity index (χ1) is 8.25. The molecule has 0 saturated heterocycles. The van der Waals surface area contributed by atoms with Gasteiger partial charge in [0.1, 0.15) is 0 Å². The second kappa shape index (κ2) is 5.78. The zero-order chi connectivity index (χ0) is 12.1. The van der Waals surface area contributed by atoms with E-state index in [9.17, 15) is 0 Å². The monoisotopic (exact) mass is 228 g/mol. The fourth-order valence-electron chi connectivity index (χ4n) is 1.95. The molecule has 1 N–H and O–H groups in total. The Balaban J connectivity index is 1.95. The van der Waals surface area contributed by atoms with Crippen LogP contribution >= 0.6 is 0 Å². The zero-order valence-electron chi connectivity index (χ0n) is 10.6. The summed E-state index contributed by atoms with van der Waals surface area (Å²) in [6.45, 7) is 5.44.